The van der Waals surface area contributed by atoms with E-state index >= 15 is 0 Å². The fourth-order valence-electron chi connectivity index (χ4n) is 0.896. The number of hydrogen-bond donors (Lipinski definition) is 0. The molecule has 14 heavy (non-hydrogen) atoms. The van der Waals surface area contributed by atoms with Crippen molar-refractivity contribution in [2.45, 2.75) is 13.2 Å². The van der Waals surface area contributed by atoms with E-state index in [1.807, 2.05) is 0 Å². The van der Waals surface area contributed by atoms with E-state index in [4.69, 9.17) is 5.26 Å². The molecular formula is C9H7F2NO2. The van der Waals surface area contributed by atoms with Gasteiger partial charge in [-0.1, -0.05) is 12.1 Å². The molecule has 74 valence electrons. The van der Waals surface area contributed by atoms with Gasteiger partial charge in [0.2, 0.25) is 0 Å². The Morgan fingerprint density at radius 3 is 1.93 bits per heavy atom. The molecule has 0 radical (unpaired) electrons. The molecule has 1 aromatic carbocycles. The maximum Gasteiger partial charge on any atom is 0.586 e. The molecule has 0 N–H and O–H groups in total. The predicted molar refractivity (Wildman–Crippen MR) is 43.9 cm³/mol. The Bertz CT molecular complexity index is 333. The Morgan fingerprint density at radius 1 is 1.21 bits per heavy atom. The minimum Gasteiger partial charge on any atom is -0.395 e. The van der Waals surface area contributed by atoms with Crippen molar-refractivity contribution in [3.63, 3.8) is 0 Å². The smallest absolute Gasteiger partial charge is 0.395 e. The van der Waals surface area contributed by atoms with E-state index < -0.39 is 6.29 Å². The molecule has 0 spiro atoms. The van der Waals surface area contributed by atoms with Gasteiger partial charge in [-0.2, -0.15) is 5.26 Å². The third kappa shape index (κ3) is 2.33. The number of nitrogens with zero attached hydrogens (tertiary/aromatic N) is 1. The molecule has 5 heteroatoms. The van der Waals surface area contributed by atoms with Crippen molar-refractivity contribution in [2.24, 2.45) is 0 Å². The molecule has 1 aliphatic rings. The second-order valence-electron chi connectivity index (χ2n) is 2.34. The van der Waals surface area contributed by atoms with Gasteiger partial charge in [-0.05, 0) is 12.1 Å². The van der Waals surface area contributed by atoms with Crippen LogP contribution in [0.3, 0.4) is 0 Å². The van der Waals surface area contributed by atoms with Crippen LogP contribution in [0.2, 0.25) is 0 Å². The highest BCUT2D eigenvalue weighted by Gasteiger charge is 2.42. The SMILES string of the molecule is CC#N.FC1(F)Oc2ccccc2O1. The molecule has 1 heterocycles. The van der Waals surface area contributed by atoms with E-state index in [0.717, 1.165) is 0 Å². The summed E-state index contributed by atoms with van der Waals surface area (Å²) >= 11 is 0. The van der Waals surface area contributed by atoms with Crippen LogP contribution in [0, 0.1) is 11.3 Å². The molecule has 0 aliphatic carbocycles. The molecule has 2 rings (SSSR count). The molecule has 1 aliphatic heterocycles. The third-order valence-electron chi connectivity index (χ3n) is 1.31. The van der Waals surface area contributed by atoms with E-state index in [1.165, 1.54) is 19.1 Å². The lowest BCUT2D eigenvalue weighted by Gasteiger charge is -2.04. The maximum absolute atomic E-state index is 12.3. The first kappa shape index (κ1) is 10.3. The summed E-state index contributed by atoms with van der Waals surface area (Å²) in [6.07, 6.45) is -3.50. The van der Waals surface area contributed by atoms with Crippen LogP contribution in [0.25, 0.3) is 0 Å². The topological polar surface area (TPSA) is 42.2 Å². The Kier molecular flexibility index (Phi) is 2.87. The summed E-state index contributed by atoms with van der Waals surface area (Å²) in [6.45, 7) is 1.43. The van der Waals surface area contributed by atoms with Gasteiger partial charge in [-0.15, -0.1) is 8.78 Å². The first-order valence-electron chi connectivity index (χ1n) is 3.75. The molecule has 0 aromatic heterocycles. The zero-order valence-electron chi connectivity index (χ0n) is 7.33. The average Bonchev–Trinajstić information content (AvgIpc) is 2.39. The summed E-state index contributed by atoms with van der Waals surface area (Å²) < 4.78 is 32.9. The molecule has 0 saturated heterocycles. The van der Waals surface area contributed by atoms with Crippen LogP contribution in [0.4, 0.5) is 8.78 Å². The highest BCUT2D eigenvalue weighted by molar-refractivity contribution is 5.41. The Balaban J connectivity index is 0.000000293. The Morgan fingerprint density at radius 2 is 1.57 bits per heavy atom. The van der Waals surface area contributed by atoms with Crippen LogP contribution in [0.5, 0.6) is 11.5 Å². The maximum atomic E-state index is 12.3. The summed E-state index contributed by atoms with van der Waals surface area (Å²) in [7, 11) is 0. The summed E-state index contributed by atoms with van der Waals surface area (Å²) in [5.74, 6) is 0.162. The van der Waals surface area contributed by atoms with Gasteiger partial charge in [-0.25, -0.2) is 0 Å². The van der Waals surface area contributed by atoms with Gasteiger partial charge in [-0.3, -0.25) is 0 Å². The molecule has 3 nitrogen and oxygen atoms in total. The quantitative estimate of drug-likeness (QED) is 0.644. The molecule has 0 amide bonds. The third-order valence-corrected chi connectivity index (χ3v) is 1.31. The highest BCUT2D eigenvalue weighted by Crippen LogP contribution is 2.39. The molecule has 0 fully saturated rings. The molecular weight excluding hydrogens is 192 g/mol. The number of rotatable bonds is 0. The van der Waals surface area contributed by atoms with Gasteiger partial charge < -0.3 is 9.47 Å². The van der Waals surface area contributed by atoms with Crippen molar-refractivity contribution in [1.82, 2.24) is 0 Å². The lowest BCUT2D eigenvalue weighted by atomic mass is 10.3. The Hall–Kier alpha value is -1.83. The number of alkyl halides is 2. The van der Waals surface area contributed by atoms with Gasteiger partial charge in [0.05, 0.1) is 6.07 Å². The lowest BCUT2D eigenvalue weighted by Crippen LogP contribution is -2.25. The number of ether oxygens (including phenoxy) is 2. The van der Waals surface area contributed by atoms with Crippen LogP contribution in [-0.4, -0.2) is 6.29 Å². The van der Waals surface area contributed by atoms with Crippen molar-refractivity contribution in [2.75, 3.05) is 0 Å². The van der Waals surface area contributed by atoms with E-state index in [1.54, 1.807) is 18.2 Å². The van der Waals surface area contributed by atoms with Crippen molar-refractivity contribution in [3.05, 3.63) is 24.3 Å². The molecule has 1 aromatic rings. The second kappa shape index (κ2) is 3.92. The van der Waals surface area contributed by atoms with E-state index in [2.05, 4.69) is 9.47 Å². The number of benzene rings is 1. The summed E-state index contributed by atoms with van der Waals surface area (Å²) in [5, 5.41) is 7.32. The van der Waals surface area contributed by atoms with Gasteiger partial charge in [0.1, 0.15) is 0 Å². The molecule has 0 bridgehead atoms. The normalized spacial score (nSPS) is 15.0. The highest BCUT2D eigenvalue weighted by atomic mass is 19.3. The zero-order chi connectivity index (χ0) is 10.6. The van der Waals surface area contributed by atoms with Gasteiger partial charge in [0.25, 0.3) is 0 Å². The summed E-state index contributed by atoms with van der Waals surface area (Å²) in [5.41, 5.74) is 0. The largest absolute Gasteiger partial charge is 0.586 e. The van der Waals surface area contributed by atoms with Crippen LogP contribution < -0.4 is 9.47 Å². The van der Waals surface area contributed by atoms with Crippen LogP contribution in [0.15, 0.2) is 24.3 Å². The van der Waals surface area contributed by atoms with Crippen molar-refractivity contribution in [3.8, 4) is 17.6 Å². The fourth-order valence-corrected chi connectivity index (χ4v) is 0.896. The number of fused-ring (bicyclic) bond motifs is 1. The molecule has 0 unspecified atom stereocenters. The van der Waals surface area contributed by atoms with E-state index in [9.17, 15) is 8.78 Å². The molecule has 0 atom stereocenters. The first-order chi connectivity index (χ1) is 6.59. The fraction of sp³-hybridized carbons (Fsp3) is 0.222. The summed E-state index contributed by atoms with van der Waals surface area (Å²) in [4.78, 5) is 0. The van der Waals surface area contributed by atoms with Gasteiger partial charge in [0, 0.05) is 6.92 Å². The summed E-state index contributed by atoms with van der Waals surface area (Å²) in [6, 6.07) is 7.81. The lowest BCUT2D eigenvalue weighted by molar-refractivity contribution is -0.286. The second-order valence-corrected chi connectivity index (χ2v) is 2.34. The zero-order valence-corrected chi connectivity index (χ0v) is 7.33. The monoisotopic (exact) mass is 199 g/mol. The van der Waals surface area contributed by atoms with Gasteiger partial charge >= 0.3 is 6.29 Å². The standard InChI is InChI=1S/C7H4F2O2.C2H3N/c8-7(9)10-5-3-1-2-4-6(5)11-7;1-2-3/h1-4H;1H3. The number of para-hydroxylation sites is 2. The minimum absolute atomic E-state index is 0.0810. The van der Waals surface area contributed by atoms with Crippen molar-refractivity contribution in [1.29, 1.82) is 5.26 Å². The van der Waals surface area contributed by atoms with Crippen LogP contribution >= 0.6 is 0 Å². The number of halogens is 2. The average molecular weight is 199 g/mol. The number of hydrogen-bond acceptors (Lipinski definition) is 3. The van der Waals surface area contributed by atoms with Crippen LogP contribution in [0.1, 0.15) is 6.92 Å². The van der Waals surface area contributed by atoms with Gasteiger partial charge in [0.15, 0.2) is 11.5 Å². The van der Waals surface area contributed by atoms with E-state index in [0.29, 0.717) is 0 Å². The van der Waals surface area contributed by atoms with Crippen molar-refractivity contribution < 1.29 is 18.3 Å². The first-order valence-corrected chi connectivity index (χ1v) is 3.75. The van der Waals surface area contributed by atoms with E-state index in [-0.39, 0.29) is 11.5 Å². The minimum atomic E-state index is -3.50. The van der Waals surface area contributed by atoms with Crippen molar-refractivity contribution >= 4 is 0 Å². The Labute approximate surface area is 79.5 Å². The predicted octanol–water partition coefficient (Wildman–Crippen LogP) is 2.54. The number of nitriles is 1. The van der Waals surface area contributed by atoms with Crippen LogP contribution in [-0.2, 0) is 0 Å². The molecule has 0 saturated carbocycles.